The Bertz CT molecular complexity index is 610. The summed E-state index contributed by atoms with van der Waals surface area (Å²) in [5, 5.41) is 9.57. The third kappa shape index (κ3) is 3.23. The maximum absolute atomic E-state index is 11.7. The first-order chi connectivity index (χ1) is 9.93. The van der Waals surface area contributed by atoms with E-state index in [4.69, 9.17) is 5.73 Å². The van der Waals surface area contributed by atoms with Crippen LogP contribution in [0.2, 0.25) is 0 Å². The molecule has 110 valence electrons. The topological polar surface area (TPSA) is 66.6 Å². The van der Waals surface area contributed by atoms with Crippen LogP contribution in [0.15, 0.2) is 54.6 Å². The second-order valence-electron chi connectivity index (χ2n) is 5.33. The second-order valence-corrected chi connectivity index (χ2v) is 5.33. The first kappa shape index (κ1) is 15.1. The van der Waals surface area contributed by atoms with Crippen molar-refractivity contribution in [2.24, 2.45) is 5.73 Å². The van der Waals surface area contributed by atoms with Crippen LogP contribution in [0.25, 0.3) is 0 Å². The molecule has 1 unspecified atom stereocenters. The second kappa shape index (κ2) is 5.97. The van der Waals surface area contributed by atoms with Crippen molar-refractivity contribution in [2.45, 2.75) is 12.5 Å². The smallest absolute Gasteiger partial charge is 0.330 e. The molecule has 2 rings (SSSR count). The molecule has 0 bridgehead atoms. The fourth-order valence-electron chi connectivity index (χ4n) is 2.28. The van der Waals surface area contributed by atoms with Crippen LogP contribution in [0.3, 0.4) is 0 Å². The number of aryl methyl sites for hydroxylation is 1. The average molecular weight is 284 g/mol. The normalized spacial score (nSPS) is 13.5. The number of carbonyl (C=O) groups is 1. The molecule has 4 heteroatoms. The fourth-order valence-corrected chi connectivity index (χ4v) is 2.28. The van der Waals surface area contributed by atoms with Crippen LogP contribution in [-0.2, 0) is 10.3 Å². The molecule has 1 atom stereocenters. The highest BCUT2D eigenvalue weighted by Gasteiger charge is 2.37. The number of nitrogens with two attached hydrogens (primary N) is 1. The predicted molar refractivity (Wildman–Crippen MR) is 84.4 cm³/mol. The summed E-state index contributed by atoms with van der Waals surface area (Å²) in [6.45, 7) is 2.20. The summed E-state index contributed by atoms with van der Waals surface area (Å²) in [5.74, 6) is -1.03. The Labute approximate surface area is 124 Å². The molecule has 2 aromatic carbocycles. The Kier molecular flexibility index (Phi) is 4.29. The zero-order chi connectivity index (χ0) is 15.5. The molecule has 0 saturated carbocycles. The van der Waals surface area contributed by atoms with Crippen molar-refractivity contribution in [3.63, 3.8) is 0 Å². The van der Waals surface area contributed by atoms with Crippen molar-refractivity contribution >= 4 is 11.7 Å². The van der Waals surface area contributed by atoms with Crippen molar-refractivity contribution in [3.8, 4) is 0 Å². The van der Waals surface area contributed by atoms with Gasteiger partial charge in [-0.15, -0.1) is 0 Å². The third-order valence-corrected chi connectivity index (χ3v) is 3.63. The number of likely N-dealkylation sites (N-methyl/N-ethyl adjacent to an activating group) is 1. The summed E-state index contributed by atoms with van der Waals surface area (Å²) in [5.41, 5.74) is 7.44. The van der Waals surface area contributed by atoms with Crippen LogP contribution in [0.1, 0.15) is 11.1 Å². The number of benzene rings is 2. The Hall–Kier alpha value is -2.33. The van der Waals surface area contributed by atoms with Crippen molar-refractivity contribution in [1.29, 1.82) is 0 Å². The molecule has 21 heavy (non-hydrogen) atoms. The van der Waals surface area contributed by atoms with Crippen LogP contribution in [0, 0.1) is 6.92 Å². The molecule has 0 heterocycles. The summed E-state index contributed by atoms with van der Waals surface area (Å²) < 4.78 is 0. The van der Waals surface area contributed by atoms with Gasteiger partial charge in [0.2, 0.25) is 0 Å². The minimum atomic E-state index is -1.44. The van der Waals surface area contributed by atoms with Gasteiger partial charge < -0.3 is 15.7 Å². The zero-order valence-corrected chi connectivity index (χ0v) is 12.3. The van der Waals surface area contributed by atoms with Gasteiger partial charge in [0.1, 0.15) is 0 Å². The first-order valence-electron chi connectivity index (χ1n) is 6.79. The SMILES string of the molecule is Cc1ccc(N(C)CC(N)(C(=O)O)c2ccccc2)cc1. The van der Waals surface area contributed by atoms with Crippen molar-refractivity contribution < 1.29 is 9.90 Å². The number of anilines is 1. The lowest BCUT2D eigenvalue weighted by atomic mass is 9.90. The number of rotatable bonds is 5. The maximum Gasteiger partial charge on any atom is 0.330 e. The summed E-state index contributed by atoms with van der Waals surface area (Å²) in [7, 11) is 1.85. The van der Waals surface area contributed by atoms with Gasteiger partial charge in [0.25, 0.3) is 0 Å². The van der Waals surface area contributed by atoms with Crippen LogP contribution in [0.4, 0.5) is 5.69 Å². The van der Waals surface area contributed by atoms with Gasteiger partial charge in [0, 0.05) is 12.7 Å². The van der Waals surface area contributed by atoms with Crippen molar-refractivity contribution in [3.05, 3.63) is 65.7 Å². The van der Waals surface area contributed by atoms with E-state index in [0.29, 0.717) is 5.56 Å². The zero-order valence-electron chi connectivity index (χ0n) is 12.3. The predicted octanol–water partition coefficient (Wildman–Crippen LogP) is 2.37. The average Bonchev–Trinajstić information content (AvgIpc) is 2.48. The number of aliphatic carboxylic acids is 1. The first-order valence-corrected chi connectivity index (χ1v) is 6.79. The number of hydrogen-bond donors (Lipinski definition) is 2. The quantitative estimate of drug-likeness (QED) is 0.884. The summed E-state index contributed by atoms with van der Waals surface area (Å²) in [6, 6.07) is 16.8. The lowest BCUT2D eigenvalue weighted by Gasteiger charge is -2.31. The molecule has 0 aliphatic carbocycles. The molecule has 2 aromatic rings. The van der Waals surface area contributed by atoms with E-state index in [9.17, 15) is 9.90 Å². The molecule has 3 N–H and O–H groups in total. The molecule has 0 amide bonds. The number of carboxylic acid groups (broad SMARTS) is 1. The highest BCUT2D eigenvalue weighted by molar-refractivity contribution is 5.81. The molecular formula is C17H20N2O2. The number of carboxylic acids is 1. The highest BCUT2D eigenvalue weighted by atomic mass is 16.4. The maximum atomic E-state index is 11.7. The molecule has 0 saturated heterocycles. The fraction of sp³-hybridized carbons (Fsp3) is 0.235. The number of nitrogens with zero attached hydrogens (tertiary/aromatic N) is 1. The Balaban J connectivity index is 2.28. The van der Waals surface area contributed by atoms with Crippen molar-refractivity contribution in [1.82, 2.24) is 0 Å². The monoisotopic (exact) mass is 284 g/mol. The minimum Gasteiger partial charge on any atom is -0.480 e. The van der Waals surface area contributed by atoms with Gasteiger partial charge in [-0.3, -0.25) is 0 Å². The summed E-state index contributed by atoms with van der Waals surface area (Å²) in [4.78, 5) is 13.6. The van der Waals surface area contributed by atoms with E-state index in [1.807, 2.05) is 49.2 Å². The highest BCUT2D eigenvalue weighted by Crippen LogP contribution is 2.23. The van der Waals surface area contributed by atoms with Crippen LogP contribution in [0.5, 0.6) is 0 Å². The Morgan fingerprint density at radius 2 is 1.71 bits per heavy atom. The molecule has 0 aromatic heterocycles. The van der Waals surface area contributed by atoms with E-state index in [-0.39, 0.29) is 6.54 Å². The standard InChI is InChI=1S/C17H20N2O2/c1-13-8-10-15(11-9-13)19(2)12-17(18,16(20)21)14-6-4-3-5-7-14/h3-11H,12,18H2,1-2H3,(H,20,21). The molecule has 0 radical (unpaired) electrons. The molecule has 4 nitrogen and oxygen atoms in total. The Morgan fingerprint density at radius 1 is 1.14 bits per heavy atom. The van der Waals surface area contributed by atoms with E-state index >= 15 is 0 Å². The van der Waals surface area contributed by atoms with Crippen LogP contribution >= 0.6 is 0 Å². The van der Waals surface area contributed by atoms with Crippen LogP contribution < -0.4 is 10.6 Å². The summed E-state index contributed by atoms with van der Waals surface area (Å²) >= 11 is 0. The largest absolute Gasteiger partial charge is 0.480 e. The van der Waals surface area contributed by atoms with Crippen LogP contribution in [-0.4, -0.2) is 24.7 Å². The van der Waals surface area contributed by atoms with Gasteiger partial charge >= 0.3 is 5.97 Å². The van der Waals surface area contributed by atoms with Gasteiger partial charge in [-0.25, -0.2) is 4.79 Å². The molecule has 0 fully saturated rings. The van der Waals surface area contributed by atoms with Gasteiger partial charge in [0.05, 0.1) is 6.54 Å². The molecule has 0 spiro atoms. The number of hydrogen-bond acceptors (Lipinski definition) is 3. The lowest BCUT2D eigenvalue weighted by Crippen LogP contribution is -2.52. The summed E-state index contributed by atoms with van der Waals surface area (Å²) in [6.07, 6.45) is 0. The van der Waals surface area contributed by atoms with E-state index < -0.39 is 11.5 Å². The van der Waals surface area contributed by atoms with E-state index in [0.717, 1.165) is 11.3 Å². The van der Waals surface area contributed by atoms with Gasteiger partial charge in [-0.05, 0) is 24.6 Å². The third-order valence-electron chi connectivity index (χ3n) is 3.63. The van der Waals surface area contributed by atoms with E-state index in [1.54, 1.807) is 24.3 Å². The van der Waals surface area contributed by atoms with E-state index in [2.05, 4.69) is 0 Å². The molecule has 0 aliphatic heterocycles. The molecular weight excluding hydrogens is 264 g/mol. The van der Waals surface area contributed by atoms with Gasteiger partial charge in [0.15, 0.2) is 5.54 Å². The lowest BCUT2D eigenvalue weighted by molar-refractivity contribution is -0.143. The van der Waals surface area contributed by atoms with Gasteiger partial charge in [-0.1, -0.05) is 48.0 Å². The van der Waals surface area contributed by atoms with Gasteiger partial charge in [-0.2, -0.15) is 0 Å². The van der Waals surface area contributed by atoms with E-state index in [1.165, 1.54) is 0 Å². The molecule has 0 aliphatic rings. The minimum absolute atomic E-state index is 0.190. The Morgan fingerprint density at radius 3 is 2.24 bits per heavy atom. The van der Waals surface area contributed by atoms with Crippen molar-refractivity contribution in [2.75, 3.05) is 18.5 Å².